The zero-order chi connectivity index (χ0) is 16.4. The molecule has 0 unspecified atom stereocenters. The average molecular weight is 385 g/mol. The number of hydrogen-bond acceptors (Lipinski definition) is 2. The molecule has 0 bridgehead atoms. The van der Waals surface area contributed by atoms with Crippen molar-refractivity contribution in [1.29, 1.82) is 0 Å². The first kappa shape index (κ1) is 18.8. The van der Waals surface area contributed by atoms with Gasteiger partial charge < -0.3 is 0 Å². The van der Waals surface area contributed by atoms with Crippen LogP contribution in [0.15, 0.2) is 17.0 Å². The van der Waals surface area contributed by atoms with Gasteiger partial charge in [0.1, 0.15) is 4.90 Å². The van der Waals surface area contributed by atoms with E-state index in [1.165, 1.54) is 6.07 Å². The second kappa shape index (κ2) is 6.91. The molecule has 0 aliphatic heterocycles. The predicted molar refractivity (Wildman–Crippen MR) is 76.5 cm³/mol. The maximum absolute atomic E-state index is 12.2. The molecule has 1 aromatic carbocycles. The molecule has 0 aliphatic rings. The van der Waals surface area contributed by atoms with Gasteiger partial charge in [-0.2, -0.15) is 13.2 Å². The Balaban J connectivity index is 3.14. The number of halogens is 6. The lowest BCUT2D eigenvalue weighted by Crippen LogP contribution is -2.31. The maximum Gasteiger partial charge on any atom is 0.390 e. The van der Waals surface area contributed by atoms with Crippen LogP contribution in [0.2, 0.25) is 10.0 Å². The minimum atomic E-state index is -4.45. The standard InChI is InChI=1S/C11H11Cl3F3NO2S/c1-18(5-4-11(15,16)17)21(19,20)9-3-2-8(13)7(6-12)10(9)14/h2-3H,4-6H2,1H3. The summed E-state index contributed by atoms with van der Waals surface area (Å²) in [5.41, 5.74) is 0.213. The van der Waals surface area contributed by atoms with Crippen LogP contribution >= 0.6 is 34.8 Å². The molecule has 0 spiro atoms. The van der Waals surface area contributed by atoms with Gasteiger partial charge in [0.15, 0.2) is 0 Å². The van der Waals surface area contributed by atoms with Gasteiger partial charge in [-0.15, -0.1) is 11.6 Å². The normalized spacial score (nSPS) is 13.0. The van der Waals surface area contributed by atoms with Crippen LogP contribution in [0.1, 0.15) is 12.0 Å². The Morgan fingerprint density at radius 1 is 1.24 bits per heavy atom. The van der Waals surface area contributed by atoms with Crippen LogP contribution in [0, 0.1) is 0 Å². The van der Waals surface area contributed by atoms with Crippen LogP contribution in [0.5, 0.6) is 0 Å². The van der Waals surface area contributed by atoms with E-state index in [2.05, 4.69) is 0 Å². The van der Waals surface area contributed by atoms with Gasteiger partial charge in [-0.3, -0.25) is 0 Å². The quantitative estimate of drug-likeness (QED) is 0.710. The molecule has 1 rings (SSSR count). The molecule has 0 aromatic heterocycles. The van der Waals surface area contributed by atoms with Crippen molar-refractivity contribution in [2.45, 2.75) is 23.4 Å². The summed E-state index contributed by atoms with van der Waals surface area (Å²) < 4.78 is 61.6. The Kier molecular flexibility index (Phi) is 6.20. The zero-order valence-corrected chi connectivity index (χ0v) is 13.8. The molecular weight excluding hydrogens is 374 g/mol. The van der Waals surface area contributed by atoms with Crippen LogP contribution in [0.3, 0.4) is 0 Å². The Bertz CT molecular complexity index is 620. The Hall–Kier alpha value is -0.210. The molecule has 120 valence electrons. The van der Waals surface area contributed by atoms with E-state index in [1.807, 2.05) is 0 Å². The highest BCUT2D eigenvalue weighted by Gasteiger charge is 2.31. The monoisotopic (exact) mass is 383 g/mol. The van der Waals surface area contributed by atoms with E-state index in [0.717, 1.165) is 13.1 Å². The van der Waals surface area contributed by atoms with Crippen molar-refractivity contribution in [3.8, 4) is 0 Å². The Morgan fingerprint density at radius 3 is 2.29 bits per heavy atom. The molecule has 21 heavy (non-hydrogen) atoms. The maximum atomic E-state index is 12.2. The number of alkyl halides is 4. The molecule has 0 amide bonds. The van der Waals surface area contributed by atoms with E-state index in [-0.39, 0.29) is 26.4 Å². The molecule has 0 radical (unpaired) electrons. The van der Waals surface area contributed by atoms with Gasteiger partial charge in [0.2, 0.25) is 10.0 Å². The van der Waals surface area contributed by atoms with Gasteiger partial charge in [-0.25, -0.2) is 12.7 Å². The predicted octanol–water partition coefficient (Wildman–Crippen LogP) is 4.31. The number of rotatable bonds is 5. The fraction of sp³-hybridized carbons (Fsp3) is 0.455. The van der Waals surface area contributed by atoms with Crippen molar-refractivity contribution >= 4 is 44.8 Å². The number of nitrogens with zero attached hydrogens (tertiary/aromatic N) is 1. The summed E-state index contributed by atoms with van der Waals surface area (Å²) in [6, 6.07) is 2.43. The highest BCUT2D eigenvalue weighted by Crippen LogP contribution is 2.33. The van der Waals surface area contributed by atoms with Crippen LogP contribution < -0.4 is 0 Å². The summed E-state index contributed by atoms with van der Waals surface area (Å²) in [5, 5.41) is 0.00301. The van der Waals surface area contributed by atoms with Crippen molar-refractivity contribution in [2.24, 2.45) is 0 Å². The van der Waals surface area contributed by atoms with E-state index < -0.39 is 29.2 Å². The van der Waals surface area contributed by atoms with Crippen LogP contribution in [0.25, 0.3) is 0 Å². The summed E-state index contributed by atoms with van der Waals surface area (Å²) in [6.45, 7) is -0.707. The first-order valence-electron chi connectivity index (χ1n) is 5.56. The average Bonchev–Trinajstić information content (AvgIpc) is 2.35. The largest absolute Gasteiger partial charge is 0.390 e. The molecule has 0 saturated carbocycles. The Labute approximate surface area is 135 Å². The summed E-state index contributed by atoms with van der Waals surface area (Å²) >= 11 is 17.4. The van der Waals surface area contributed by atoms with Crippen molar-refractivity contribution in [2.75, 3.05) is 13.6 Å². The van der Waals surface area contributed by atoms with E-state index in [0.29, 0.717) is 4.31 Å². The lowest BCUT2D eigenvalue weighted by molar-refractivity contribution is -0.135. The van der Waals surface area contributed by atoms with Gasteiger partial charge in [0.25, 0.3) is 0 Å². The van der Waals surface area contributed by atoms with E-state index in [9.17, 15) is 21.6 Å². The fourth-order valence-corrected chi connectivity index (χ4v) is 3.94. The van der Waals surface area contributed by atoms with E-state index in [4.69, 9.17) is 34.8 Å². The second-order valence-electron chi connectivity index (χ2n) is 4.16. The molecule has 10 heteroatoms. The molecule has 0 heterocycles. The SMILES string of the molecule is CN(CCC(F)(F)F)S(=O)(=O)c1ccc(Cl)c(CCl)c1Cl. The summed E-state index contributed by atoms with van der Waals surface area (Å²) in [6.07, 6.45) is -5.70. The van der Waals surface area contributed by atoms with Gasteiger partial charge in [-0.05, 0) is 12.1 Å². The smallest absolute Gasteiger partial charge is 0.207 e. The lowest BCUT2D eigenvalue weighted by atomic mass is 10.2. The summed E-state index contributed by atoms with van der Waals surface area (Å²) in [4.78, 5) is -0.325. The second-order valence-corrected chi connectivity index (χ2v) is 7.23. The van der Waals surface area contributed by atoms with Crippen LogP contribution in [0.4, 0.5) is 13.2 Å². The van der Waals surface area contributed by atoms with Crippen molar-refractivity contribution < 1.29 is 21.6 Å². The number of sulfonamides is 1. The van der Waals surface area contributed by atoms with Crippen molar-refractivity contribution in [1.82, 2.24) is 4.31 Å². The molecule has 0 saturated heterocycles. The minimum Gasteiger partial charge on any atom is -0.207 e. The third-order valence-electron chi connectivity index (χ3n) is 2.68. The lowest BCUT2D eigenvalue weighted by Gasteiger charge is -2.19. The molecule has 0 atom stereocenters. The Morgan fingerprint density at radius 2 is 1.81 bits per heavy atom. The fourth-order valence-electron chi connectivity index (χ4n) is 1.47. The summed E-state index contributed by atoms with van der Waals surface area (Å²) in [7, 11) is -3.11. The highest BCUT2D eigenvalue weighted by molar-refractivity contribution is 7.89. The molecule has 0 fully saturated rings. The van der Waals surface area contributed by atoms with Gasteiger partial charge in [-0.1, -0.05) is 23.2 Å². The van der Waals surface area contributed by atoms with E-state index in [1.54, 1.807) is 0 Å². The topological polar surface area (TPSA) is 37.4 Å². The number of hydrogen-bond donors (Lipinski definition) is 0. The molecule has 0 aliphatic carbocycles. The van der Waals surface area contributed by atoms with Gasteiger partial charge in [0.05, 0.1) is 17.3 Å². The van der Waals surface area contributed by atoms with Crippen LogP contribution in [-0.2, 0) is 15.9 Å². The molecule has 3 nitrogen and oxygen atoms in total. The third kappa shape index (κ3) is 4.63. The first-order valence-corrected chi connectivity index (χ1v) is 8.29. The minimum absolute atomic E-state index is 0.118. The van der Waals surface area contributed by atoms with Gasteiger partial charge in [0, 0.05) is 24.2 Å². The molecular formula is C11H11Cl3F3NO2S. The summed E-state index contributed by atoms with van der Waals surface area (Å²) in [5.74, 6) is -0.118. The van der Waals surface area contributed by atoms with E-state index >= 15 is 0 Å². The zero-order valence-electron chi connectivity index (χ0n) is 10.7. The number of benzene rings is 1. The molecule has 0 N–H and O–H groups in total. The van der Waals surface area contributed by atoms with Crippen molar-refractivity contribution in [3.63, 3.8) is 0 Å². The molecule has 1 aromatic rings. The first-order chi connectivity index (χ1) is 9.50. The highest BCUT2D eigenvalue weighted by atomic mass is 35.5. The van der Waals surface area contributed by atoms with Gasteiger partial charge >= 0.3 is 6.18 Å². The third-order valence-corrected chi connectivity index (χ3v) is 5.75. The van der Waals surface area contributed by atoms with Crippen molar-refractivity contribution in [3.05, 3.63) is 27.7 Å². The van der Waals surface area contributed by atoms with Crippen LogP contribution in [-0.4, -0.2) is 32.5 Å².